The van der Waals surface area contributed by atoms with Gasteiger partial charge in [0.1, 0.15) is 17.8 Å². The van der Waals surface area contributed by atoms with Gasteiger partial charge >= 0.3 is 5.97 Å². The zero-order valence-electron chi connectivity index (χ0n) is 19.8. The van der Waals surface area contributed by atoms with Gasteiger partial charge in [0.2, 0.25) is 0 Å². The Morgan fingerprint density at radius 1 is 1.06 bits per heavy atom. The third-order valence-corrected chi connectivity index (χ3v) is 11.3. The zero-order chi connectivity index (χ0) is 23.3. The van der Waals surface area contributed by atoms with Crippen molar-refractivity contribution in [2.24, 2.45) is 33.5 Å². The van der Waals surface area contributed by atoms with Crippen molar-refractivity contribution < 1.29 is 33.3 Å². The molecule has 1 spiro atoms. The van der Waals surface area contributed by atoms with E-state index >= 15 is 0 Å². The minimum atomic E-state index is -0.830. The molecular formula is C26H32O7. The molecule has 0 bridgehead atoms. The highest BCUT2D eigenvalue weighted by molar-refractivity contribution is 5.92. The quantitative estimate of drug-likeness (QED) is 0.511. The first-order valence-electron chi connectivity index (χ1n) is 12.2. The van der Waals surface area contributed by atoms with Crippen LogP contribution in [-0.4, -0.2) is 46.9 Å². The number of furan rings is 1. The lowest BCUT2D eigenvalue weighted by molar-refractivity contribution is -0.258. The van der Waals surface area contributed by atoms with Crippen LogP contribution in [0.5, 0.6) is 0 Å². The molecule has 1 aromatic heterocycles. The first-order valence-corrected chi connectivity index (χ1v) is 12.2. The molecule has 3 aliphatic heterocycles. The lowest BCUT2D eigenvalue weighted by Crippen LogP contribution is -2.74. The van der Waals surface area contributed by atoms with Crippen molar-refractivity contribution in [2.75, 3.05) is 0 Å². The third kappa shape index (κ3) is 1.92. The summed E-state index contributed by atoms with van der Waals surface area (Å²) in [7, 11) is 0. The highest BCUT2D eigenvalue weighted by atomic mass is 16.7. The monoisotopic (exact) mass is 456 g/mol. The molecule has 0 unspecified atom stereocenters. The molecule has 1 aromatic rings. The highest BCUT2D eigenvalue weighted by Gasteiger charge is 2.89. The number of aliphatic hydroxyl groups excluding tert-OH is 1. The van der Waals surface area contributed by atoms with E-state index < -0.39 is 40.2 Å². The third-order valence-electron chi connectivity index (χ3n) is 11.3. The van der Waals surface area contributed by atoms with Crippen molar-refractivity contribution in [3.05, 3.63) is 24.2 Å². The van der Waals surface area contributed by atoms with E-state index in [4.69, 9.17) is 18.6 Å². The molecular weight excluding hydrogens is 424 g/mol. The normalized spacial score (nSPS) is 57.6. The van der Waals surface area contributed by atoms with Crippen LogP contribution in [0.1, 0.15) is 65.5 Å². The number of carbonyl (C=O) groups excluding carboxylic acids is 2. The first-order chi connectivity index (χ1) is 15.5. The largest absolute Gasteiger partial charge is 0.472 e. The van der Waals surface area contributed by atoms with Gasteiger partial charge in [0.15, 0.2) is 11.9 Å². The molecule has 6 fully saturated rings. The maximum atomic E-state index is 13.1. The predicted molar refractivity (Wildman–Crippen MR) is 114 cm³/mol. The van der Waals surface area contributed by atoms with Crippen molar-refractivity contribution in [2.45, 2.75) is 90.0 Å². The number of aliphatic hydroxyl groups is 1. The number of cyclic esters (lactones) is 1. The second-order valence-electron chi connectivity index (χ2n) is 12.6. The summed E-state index contributed by atoms with van der Waals surface area (Å²) in [6, 6.07) is 1.85. The van der Waals surface area contributed by atoms with Crippen LogP contribution in [-0.2, 0) is 23.8 Å². The number of hydrogen-bond donors (Lipinski definition) is 1. The van der Waals surface area contributed by atoms with Crippen molar-refractivity contribution in [3.63, 3.8) is 0 Å². The van der Waals surface area contributed by atoms with Crippen molar-refractivity contribution >= 4 is 11.8 Å². The van der Waals surface area contributed by atoms with E-state index in [9.17, 15) is 14.7 Å². The fourth-order valence-corrected chi connectivity index (χ4v) is 9.70. The second kappa shape index (κ2) is 5.58. The zero-order valence-corrected chi connectivity index (χ0v) is 19.8. The summed E-state index contributed by atoms with van der Waals surface area (Å²) < 4.78 is 23.8. The topological polar surface area (TPSA) is 102 Å². The molecule has 3 saturated carbocycles. The molecule has 4 heterocycles. The van der Waals surface area contributed by atoms with Gasteiger partial charge in [0, 0.05) is 27.2 Å². The molecule has 3 aliphatic carbocycles. The smallest absolute Gasteiger partial charge is 0.339 e. The summed E-state index contributed by atoms with van der Waals surface area (Å²) in [5.41, 5.74) is -2.04. The Hall–Kier alpha value is -1.70. The Bertz CT molecular complexity index is 1080. The maximum absolute atomic E-state index is 13.1. The first kappa shape index (κ1) is 20.7. The Balaban J connectivity index is 1.39. The fraction of sp³-hybridized carbons (Fsp3) is 0.769. The number of ketones is 1. The molecule has 0 amide bonds. The Kier molecular flexibility index (Phi) is 3.49. The molecule has 178 valence electrons. The lowest BCUT2D eigenvalue weighted by Gasteiger charge is -2.68. The van der Waals surface area contributed by atoms with Crippen LogP contribution in [0.15, 0.2) is 23.0 Å². The lowest BCUT2D eigenvalue weighted by atomic mass is 9.35. The number of Topliss-reactive ketones (excluding diaryl/α,β-unsaturated/α-hetero) is 1. The van der Waals surface area contributed by atoms with E-state index in [2.05, 4.69) is 20.8 Å². The number of hydrogen-bond acceptors (Lipinski definition) is 7. The molecule has 7 heteroatoms. The summed E-state index contributed by atoms with van der Waals surface area (Å²) >= 11 is 0. The van der Waals surface area contributed by atoms with E-state index in [1.54, 1.807) is 12.5 Å². The van der Waals surface area contributed by atoms with Crippen LogP contribution < -0.4 is 0 Å². The summed E-state index contributed by atoms with van der Waals surface area (Å²) in [6.07, 6.45) is 3.01. The van der Waals surface area contributed by atoms with Gasteiger partial charge in [0.05, 0.1) is 24.7 Å². The van der Waals surface area contributed by atoms with Gasteiger partial charge < -0.3 is 23.7 Å². The van der Waals surface area contributed by atoms with E-state index in [1.165, 1.54) is 0 Å². The SMILES string of the molecule is CC1(C)C(=O)[C@H]2O[C@H]2[C@]2(C)[C@H]3CC[C@@]4(C)[C@@H](c5ccoc5)OC(=O)[C@H]5O[C@]54[C@]3(C)[C@H](O)C[C@@H]12. The minimum absolute atomic E-state index is 0.00694. The summed E-state index contributed by atoms with van der Waals surface area (Å²) in [4.78, 5) is 26.2. The molecule has 0 aromatic carbocycles. The van der Waals surface area contributed by atoms with Crippen molar-refractivity contribution in [1.82, 2.24) is 0 Å². The molecule has 3 saturated heterocycles. The molecule has 7 rings (SSSR count). The second-order valence-corrected chi connectivity index (χ2v) is 12.6. The Labute approximate surface area is 193 Å². The molecule has 6 aliphatic rings. The van der Waals surface area contributed by atoms with Crippen molar-refractivity contribution in [1.29, 1.82) is 0 Å². The standard InChI is InChI=1S/C26H32O7/c1-22(2)14-10-15(27)25(5)13(24(14,4)19-16(31-19)17(22)28)6-8-23(3)18(12-7-9-30-11-12)32-21(29)20-26(23,25)33-20/h7,9,11,13-16,18-20,27H,6,8,10H2,1-5H3/t13-,14+,15-,16-,18-,19-,20-,23+,24-,25+,26-/m1/s1. The predicted octanol–water partition coefficient (Wildman–Crippen LogP) is 3.20. The van der Waals surface area contributed by atoms with Gasteiger partial charge in [-0.3, -0.25) is 4.79 Å². The van der Waals surface area contributed by atoms with Gasteiger partial charge in [0.25, 0.3) is 0 Å². The van der Waals surface area contributed by atoms with E-state index in [1.807, 2.05) is 19.9 Å². The average molecular weight is 457 g/mol. The molecule has 11 atom stereocenters. The minimum Gasteiger partial charge on any atom is -0.472 e. The van der Waals surface area contributed by atoms with Crippen LogP contribution in [0.25, 0.3) is 0 Å². The average Bonchev–Trinajstić information content (AvgIpc) is 3.66. The number of epoxide rings is 2. The van der Waals surface area contributed by atoms with Crippen LogP contribution in [0.3, 0.4) is 0 Å². The molecule has 1 N–H and O–H groups in total. The van der Waals surface area contributed by atoms with Gasteiger partial charge in [-0.1, -0.05) is 34.6 Å². The number of carbonyl (C=O) groups is 2. The van der Waals surface area contributed by atoms with Crippen LogP contribution in [0.4, 0.5) is 0 Å². The number of rotatable bonds is 1. The summed E-state index contributed by atoms with van der Waals surface area (Å²) in [5, 5.41) is 11.9. The van der Waals surface area contributed by atoms with Gasteiger partial charge in [-0.2, -0.15) is 0 Å². The number of esters is 1. The molecule has 33 heavy (non-hydrogen) atoms. The number of ether oxygens (including phenoxy) is 3. The maximum Gasteiger partial charge on any atom is 0.339 e. The van der Waals surface area contributed by atoms with Crippen molar-refractivity contribution in [3.8, 4) is 0 Å². The van der Waals surface area contributed by atoms with Crippen LogP contribution in [0, 0.1) is 33.5 Å². The van der Waals surface area contributed by atoms with E-state index in [-0.39, 0.29) is 41.2 Å². The summed E-state index contributed by atoms with van der Waals surface area (Å²) in [5.74, 6) is -0.145. The van der Waals surface area contributed by atoms with Gasteiger partial charge in [-0.05, 0) is 37.2 Å². The van der Waals surface area contributed by atoms with Gasteiger partial charge in [-0.15, -0.1) is 0 Å². The molecule has 0 radical (unpaired) electrons. The van der Waals surface area contributed by atoms with Crippen LogP contribution >= 0.6 is 0 Å². The Morgan fingerprint density at radius 3 is 2.52 bits per heavy atom. The van der Waals surface area contributed by atoms with Crippen LogP contribution in [0.2, 0.25) is 0 Å². The molecule has 7 nitrogen and oxygen atoms in total. The van der Waals surface area contributed by atoms with E-state index in [0.29, 0.717) is 6.42 Å². The Morgan fingerprint density at radius 2 is 1.82 bits per heavy atom. The number of fused-ring (bicyclic) bond motifs is 5. The fourth-order valence-electron chi connectivity index (χ4n) is 9.70. The summed E-state index contributed by atoms with van der Waals surface area (Å²) in [6.45, 7) is 10.6. The highest BCUT2D eigenvalue weighted by Crippen LogP contribution is 2.80. The van der Waals surface area contributed by atoms with Gasteiger partial charge in [-0.25, -0.2) is 4.79 Å². The van der Waals surface area contributed by atoms with E-state index in [0.717, 1.165) is 18.4 Å².